The zero-order chi connectivity index (χ0) is 15.3. The van der Waals surface area contributed by atoms with Crippen molar-refractivity contribution in [1.82, 2.24) is 4.90 Å². The van der Waals surface area contributed by atoms with E-state index in [4.69, 9.17) is 5.11 Å². The van der Waals surface area contributed by atoms with E-state index in [1.165, 1.54) is 18.2 Å². The van der Waals surface area contributed by atoms with Gasteiger partial charge in [-0.1, -0.05) is 19.9 Å². The highest BCUT2D eigenvalue weighted by Gasteiger charge is 2.19. The van der Waals surface area contributed by atoms with Gasteiger partial charge in [0.05, 0.1) is 16.2 Å². The number of benzene rings is 1. The zero-order valence-corrected chi connectivity index (χ0v) is 12.9. The van der Waals surface area contributed by atoms with Crippen molar-refractivity contribution in [3.05, 3.63) is 29.3 Å². The van der Waals surface area contributed by atoms with Crippen LogP contribution in [-0.2, 0) is 9.84 Å². The van der Waals surface area contributed by atoms with Crippen molar-refractivity contribution in [3.8, 4) is 0 Å². The van der Waals surface area contributed by atoms with E-state index in [0.29, 0.717) is 12.1 Å². The zero-order valence-electron chi connectivity index (χ0n) is 12.1. The standard InChI is InChI=1S/C14H21NO4S/c1-4-15(5-2)8-9-20(18,19)13-10-12(14(16)17)7-6-11(13)3/h6-7,10H,4-5,8-9H2,1-3H3,(H,16,17). The number of aryl methyl sites for hydroxylation is 1. The van der Waals surface area contributed by atoms with Crippen molar-refractivity contribution in [3.63, 3.8) is 0 Å². The molecule has 0 bridgehead atoms. The molecular formula is C14H21NO4S. The molecule has 112 valence electrons. The molecule has 0 aliphatic heterocycles. The molecule has 0 aromatic heterocycles. The maximum atomic E-state index is 12.3. The molecule has 0 fully saturated rings. The molecule has 20 heavy (non-hydrogen) atoms. The Morgan fingerprint density at radius 3 is 2.35 bits per heavy atom. The Labute approximate surface area is 120 Å². The van der Waals surface area contributed by atoms with Gasteiger partial charge in [-0.15, -0.1) is 0 Å². The van der Waals surface area contributed by atoms with Crippen molar-refractivity contribution < 1.29 is 18.3 Å². The third-order valence-corrected chi connectivity index (χ3v) is 5.17. The van der Waals surface area contributed by atoms with Crippen molar-refractivity contribution in [1.29, 1.82) is 0 Å². The number of hydrogen-bond donors (Lipinski definition) is 1. The van der Waals surface area contributed by atoms with Crippen molar-refractivity contribution in [2.45, 2.75) is 25.7 Å². The average Bonchev–Trinajstić information content (AvgIpc) is 2.39. The second-order valence-electron chi connectivity index (χ2n) is 4.63. The van der Waals surface area contributed by atoms with Crippen LogP contribution < -0.4 is 0 Å². The van der Waals surface area contributed by atoms with Gasteiger partial charge in [0.15, 0.2) is 9.84 Å². The van der Waals surface area contributed by atoms with Crippen LogP contribution in [0.25, 0.3) is 0 Å². The Morgan fingerprint density at radius 2 is 1.85 bits per heavy atom. The second kappa shape index (κ2) is 6.85. The van der Waals surface area contributed by atoms with E-state index < -0.39 is 15.8 Å². The highest BCUT2D eigenvalue weighted by atomic mass is 32.2. The third kappa shape index (κ3) is 4.05. The maximum Gasteiger partial charge on any atom is 0.335 e. The number of rotatable bonds is 7. The number of sulfone groups is 1. The molecule has 0 heterocycles. The molecule has 0 aliphatic carbocycles. The van der Waals surface area contributed by atoms with Crippen molar-refractivity contribution in [2.24, 2.45) is 0 Å². The van der Waals surface area contributed by atoms with Gasteiger partial charge in [0.1, 0.15) is 0 Å². The molecule has 1 rings (SSSR count). The fourth-order valence-electron chi connectivity index (χ4n) is 1.97. The molecule has 0 amide bonds. The monoisotopic (exact) mass is 299 g/mol. The van der Waals surface area contributed by atoms with Gasteiger partial charge in [0.2, 0.25) is 0 Å². The summed E-state index contributed by atoms with van der Waals surface area (Å²) in [6, 6.07) is 4.20. The first-order valence-electron chi connectivity index (χ1n) is 6.60. The molecule has 0 saturated heterocycles. The van der Waals surface area contributed by atoms with Crippen LogP contribution in [0.15, 0.2) is 23.1 Å². The predicted octanol–water partition coefficient (Wildman–Crippen LogP) is 1.81. The minimum atomic E-state index is -3.47. The van der Waals surface area contributed by atoms with Crippen LogP contribution in [0.3, 0.4) is 0 Å². The number of aromatic carboxylic acids is 1. The fraction of sp³-hybridized carbons (Fsp3) is 0.500. The van der Waals surface area contributed by atoms with E-state index >= 15 is 0 Å². The molecule has 1 N–H and O–H groups in total. The van der Waals surface area contributed by atoms with Gasteiger partial charge in [-0.05, 0) is 37.7 Å². The minimum absolute atomic E-state index is 0.00140. The quantitative estimate of drug-likeness (QED) is 0.831. The van der Waals surface area contributed by atoms with E-state index in [1.54, 1.807) is 6.92 Å². The van der Waals surface area contributed by atoms with Crippen LogP contribution >= 0.6 is 0 Å². The summed E-state index contributed by atoms with van der Waals surface area (Å²) in [4.78, 5) is 13.1. The molecule has 0 spiro atoms. The Balaban J connectivity index is 3.03. The minimum Gasteiger partial charge on any atom is -0.478 e. The molecule has 0 aliphatic rings. The molecule has 5 nitrogen and oxygen atoms in total. The van der Waals surface area contributed by atoms with Gasteiger partial charge in [0, 0.05) is 6.54 Å². The highest BCUT2D eigenvalue weighted by molar-refractivity contribution is 7.91. The summed E-state index contributed by atoms with van der Waals surface area (Å²) in [6.07, 6.45) is 0. The second-order valence-corrected chi connectivity index (χ2v) is 6.71. The Bertz CT molecular complexity index is 577. The highest BCUT2D eigenvalue weighted by Crippen LogP contribution is 2.19. The summed E-state index contributed by atoms with van der Waals surface area (Å²) in [7, 11) is -3.47. The number of carboxylic acid groups (broad SMARTS) is 1. The Morgan fingerprint density at radius 1 is 1.25 bits per heavy atom. The van der Waals surface area contributed by atoms with E-state index in [-0.39, 0.29) is 16.2 Å². The summed E-state index contributed by atoms with van der Waals surface area (Å²) in [5.74, 6) is -1.12. The lowest BCUT2D eigenvalue weighted by Crippen LogP contribution is -2.29. The molecule has 6 heteroatoms. The fourth-order valence-corrected chi connectivity index (χ4v) is 3.55. The van der Waals surface area contributed by atoms with Gasteiger partial charge < -0.3 is 10.0 Å². The molecule has 1 aromatic rings. The van der Waals surface area contributed by atoms with E-state index in [0.717, 1.165) is 13.1 Å². The van der Waals surface area contributed by atoms with Crippen LogP contribution in [0.2, 0.25) is 0 Å². The third-order valence-electron chi connectivity index (χ3n) is 3.34. The number of nitrogens with zero attached hydrogens (tertiary/aromatic N) is 1. The topological polar surface area (TPSA) is 74.7 Å². The summed E-state index contributed by atoms with van der Waals surface area (Å²) in [5, 5.41) is 8.96. The van der Waals surface area contributed by atoms with Crippen LogP contribution in [-0.4, -0.2) is 49.8 Å². The van der Waals surface area contributed by atoms with Gasteiger partial charge >= 0.3 is 5.97 Å². The lowest BCUT2D eigenvalue weighted by atomic mass is 10.1. The first-order chi connectivity index (χ1) is 9.31. The number of carbonyl (C=O) groups is 1. The van der Waals surface area contributed by atoms with Crippen LogP contribution in [0.4, 0.5) is 0 Å². The molecule has 0 saturated carbocycles. The van der Waals surface area contributed by atoms with Crippen molar-refractivity contribution in [2.75, 3.05) is 25.4 Å². The molecule has 0 atom stereocenters. The summed E-state index contributed by atoms with van der Waals surface area (Å²) >= 11 is 0. The Kier molecular flexibility index (Phi) is 5.71. The maximum absolute atomic E-state index is 12.3. The van der Waals surface area contributed by atoms with E-state index in [1.807, 2.05) is 18.7 Å². The smallest absolute Gasteiger partial charge is 0.335 e. The lowest BCUT2D eigenvalue weighted by molar-refractivity contribution is 0.0696. The number of hydrogen-bond acceptors (Lipinski definition) is 4. The van der Waals surface area contributed by atoms with Gasteiger partial charge in [-0.3, -0.25) is 0 Å². The first-order valence-corrected chi connectivity index (χ1v) is 8.26. The number of carboxylic acids is 1. The SMILES string of the molecule is CCN(CC)CCS(=O)(=O)c1cc(C(=O)O)ccc1C. The average molecular weight is 299 g/mol. The van der Waals surface area contributed by atoms with Crippen LogP contribution in [0, 0.1) is 6.92 Å². The molecular weight excluding hydrogens is 278 g/mol. The summed E-state index contributed by atoms with van der Waals surface area (Å²) in [5.41, 5.74) is 0.576. The summed E-state index contributed by atoms with van der Waals surface area (Å²) in [6.45, 7) is 7.67. The summed E-state index contributed by atoms with van der Waals surface area (Å²) < 4.78 is 24.7. The molecule has 1 aromatic carbocycles. The van der Waals surface area contributed by atoms with Crippen LogP contribution in [0.5, 0.6) is 0 Å². The Hall–Kier alpha value is -1.40. The normalized spacial score (nSPS) is 11.8. The van der Waals surface area contributed by atoms with Gasteiger partial charge in [-0.25, -0.2) is 13.2 Å². The van der Waals surface area contributed by atoms with E-state index in [9.17, 15) is 13.2 Å². The predicted molar refractivity (Wildman–Crippen MR) is 78.0 cm³/mol. The first kappa shape index (κ1) is 16.7. The van der Waals surface area contributed by atoms with E-state index in [2.05, 4.69) is 0 Å². The molecule has 0 radical (unpaired) electrons. The largest absolute Gasteiger partial charge is 0.478 e. The van der Waals surface area contributed by atoms with Gasteiger partial charge in [-0.2, -0.15) is 0 Å². The lowest BCUT2D eigenvalue weighted by Gasteiger charge is -2.18. The van der Waals surface area contributed by atoms with Gasteiger partial charge in [0.25, 0.3) is 0 Å². The van der Waals surface area contributed by atoms with Crippen LogP contribution in [0.1, 0.15) is 29.8 Å². The van der Waals surface area contributed by atoms with Crippen molar-refractivity contribution >= 4 is 15.8 Å². The molecule has 0 unspecified atom stereocenters.